The lowest BCUT2D eigenvalue weighted by Gasteiger charge is -2.21. The first kappa shape index (κ1) is 99.1. The predicted molar refractivity (Wildman–Crippen MR) is 414 cm³/mol. The molecule has 0 spiro atoms. The van der Waals surface area contributed by atoms with E-state index < -0.39 is 97.5 Å². The van der Waals surface area contributed by atoms with Crippen LogP contribution in [0.5, 0.6) is 0 Å². The van der Waals surface area contributed by atoms with Gasteiger partial charge in [0.1, 0.15) is 19.3 Å². The number of aliphatic hydroxyl groups excluding tert-OH is 1. The topological polar surface area (TPSA) is 237 Å². The van der Waals surface area contributed by atoms with Crippen LogP contribution in [0.1, 0.15) is 433 Å². The maximum Gasteiger partial charge on any atom is 0.472 e. The van der Waals surface area contributed by atoms with E-state index in [9.17, 15) is 43.2 Å². The van der Waals surface area contributed by atoms with E-state index in [1.165, 1.54) is 250 Å². The fourth-order valence-corrected chi connectivity index (χ4v) is 14.3. The second-order valence-corrected chi connectivity index (χ2v) is 33.4. The standard InChI is InChI=1S/C82H160O17P2/c1-7-9-11-13-15-17-19-21-23-25-26-27-29-31-33-35-40-48-54-60-66-81(86)98-77(70-92-79(84)64-58-52-46-39-34-32-30-28-24-22-20-18-16-14-12-10-8-2)72-96-100(88,89)94-68-76(83)69-95-101(90,91)97-73-78(71-93-80(85)65-59-53-47-43-42-45-51-57-63-75(5)6)99-82(87)67-61-55-49-41-37-36-38-44-50-56-62-74(3)4/h74-78,83H,7-73H2,1-6H3,(H,88,89)(H,90,91)/t76-,77-,78-/m1/s1. The first-order valence-corrected chi connectivity index (χ1v) is 45.5. The fourth-order valence-electron chi connectivity index (χ4n) is 12.7. The molecule has 0 aliphatic heterocycles. The van der Waals surface area contributed by atoms with E-state index in [0.717, 1.165) is 102 Å². The van der Waals surface area contributed by atoms with Crippen molar-refractivity contribution in [2.45, 2.75) is 452 Å². The molecule has 0 aromatic carbocycles. The van der Waals surface area contributed by atoms with Crippen LogP contribution < -0.4 is 0 Å². The van der Waals surface area contributed by atoms with E-state index in [4.69, 9.17) is 37.0 Å². The van der Waals surface area contributed by atoms with Crippen LogP contribution in [-0.2, 0) is 65.4 Å². The number of hydrogen-bond donors (Lipinski definition) is 3. The van der Waals surface area contributed by atoms with Crippen molar-refractivity contribution < 1.29 is 80.2 Å². The minimum Gasteiger partial charge on any atom is -0.462 e. The lowest BCUT2D eigenvalue weighted by atomic mass is 10.0. The predicted octanol–water partition coefficient (Wildman–Crippen LogP) is 24.7. The van der Waals surface area contributed by atoms with E-state index in [1.807, 2.05) is 0 Å². The lowest BCUT2D eigenvalue weighted by Crippen LogP contribution is -2.30. The number of phosphoric ester groups is 2. The molecule has 3 N–H and O–H groups in total. The Morgan fingerprint density at radius 1 is 0.267 bits per heavy atom. The van der Waals surface area contributed by atoms with Crippen LogP contribution in [0.3, 0.4) is 0 Å². The van der Waals surface area contributed by atoms with Crippen molar-refractivity contribution in [2.24, 2.45) is 11.8 Å². The minimum absolute atomic E-state index is 0.106. The second kappa shape index (κ2) is 73.6. The molecule has 101 heavy (non-hydrogen) atoms. The van der Waals surface area contributed by atoms with Gasteiger partial charge in [0.25, 0.3) is 0 Å². The number of aliphatic hydroxyl groups is 1. The van der Waals surface area contributed by atoms with Gasteiger partial charge in [-0.1, -0.05) is 382 Å². The van der Waals surface area contributed by atoms with Crippen molar-refractivity contribution in [3.8, 4) is 0 Å². The molecule has 0 heterocycles. The molecule has 0 radical (unpaired) electrons. The normalized spacial score (nSPS) is 13.9. The molecule has 0 saturated carbocycles. The summed E-state index contributed by atoms with van der Waals surface area (Å²) in [5.41, 5.74) is 0. The van der Waals surface area contributed by atoms with Crippen LogP contribution in [0.2, 0.25) is 0 Å². The first-order chi connectivity index (χ1) is 48.9. The van der Waals surface area contributed by atoms with Crippen LogP contribution in [0.25, 0.3) is 0 Å². The number of rotatable bonds is 81. The zero-order valence-corrected chi connectivity index (χ0v) is 68.0. The molecule has 19 heteroatoms. The van der Waals surface area contributed by atoms with E-state index in [2.05, 4.69) is 41.5 Å². The lowest BCUT2D eigenvalue weighted by molar-refractivity contribution is -0.161. The summed E-state index contributed by atoms with van der Waals surface area (Å²) in [5, 5.41) is 10.6. The van der Waals surface area contributed by atoms with Crippen LogP contribution in [0, 0.1) is 11.8 Å². The van der Waals surface area contributed by atoms with E-state index in [-0.39, 0.29) is 25.7 Å². The van der Waals surface area contributed by atoms with Crippen LogP contribution in [-0.4, -0.2) is 96.7 Å². The van der Waals surface area contributed by atoms with Gasteiger partial charge in [0, 0.05) is 25.7 Å². The summed E-state index contributed by atoms with van der Waals surface area (Å²) in [6, 6.07) is 0. The molecule has 0 fully saturated rings. The first-order valence-electron chi connectivity index (χ1n) is 42.5. The molecule has 0 aliphatic rings. The summed E-state index contributed by atoms with van der Waals surface area (Å²) < 4.78 is 68.8. The molecule has 0 amide bonds. The number of hydrogen-bond acceptors (Lipinski definition) is 15. The SMILES string of the molecule is CCCCCCCCCCCCCCCCCCCCCCC(=O)O[C@H](COC(=O)CCCCCCCCCCCCCCCCCCC)COP(=O)(O)OC[C@@H](O)COP(=O)(O)OC[C@@H](COC(=O)CCCCCCCCCCC(C)C)OC(=O)CCCCCCCCCCCCC(C)C. The average molecular weight is 1480 g/mol. The summed E-state index contributed by atoms with van der Waals surface area (Å²) in [7, 11) is -9.92. The summed E-state index contributed by atoms with van der Waals surface area (Å²) in [6.45, 7) is 9.60. The molecule has 5 atom stereocenters. The van der Waals surface area contributed by atoms with Crippen LogP contribution in [0.15, 0.2) is 0 Å². The molecule has 0 rings (SSSR count). The van der Waals surface area contributed by atoms with Crippen molar-refractivity contribution in [2.75, 3.05) is 39.6 Å². The molecule has 0 aliphatic carbocycles. The number of carbonyl (C=O) groups is 4. The third-order valence-electron chi connectivity index (χ3n) is 19.2. The molecule has 600 valence electrons. The van der Waals surface area contributed by atoms with Gasteiger partial charge in [-0.25, -0.2) is 9.13 Å². The van der Waals surface area contributed by atoms with Gasteiger partial charge in [-0.15, -0.1) is 0 Å². The molecule has 0 aromatic rings. The Hall–Kier alpha value is -1.94. The highest BCUT2D eigenvalue weighted by Gasteiger charge is 2.30. The smallest absolute Gasteiger partial charge is 0.462 e. The maximum atomic E-state index is 13.1. The molecular formula is C82H160O17P2. The highest BCUT2D eigenvalue weighted by molar-refractivity contribution is 7.47. The fraction of sp³-hybridized carbons (Fsp3) is 0.951. The Kier molecular flexibility index (Phi) is 72.2. The van der Waals surface area contributed by atoms with Gasteiger partial charge in [-0.3, -0.25) is 37.3 Å². The van der Waals surface area contributed by atoms with Crippen LogP contribution in [0.4, 0.5) is 0 Å². The summed E-state index contributed by atoms with van der Waals surface area (Å²) in [5.74, 6) is -0.630. The van der Waals surface area contributed by atoms with Gasteiger partial charge in [0.05, 0.1) is 26.4 Å². The summed E-state index contributed by atoms with van der Waals surface area (Å²) in [4.78, 5) is 73.1. The van der Waals surface area contributed by atoms with Crippen molar-refractivity contribution in [1.29, 1.82) is 0 Å². The van der Waals surface area contributed by atoms with Gasteiger partial charge in [0.15, 0.2) is 12.2 Å². The summed E-state index contributed by atoms with van der Waals surface area (Å²) >= 11 is 0. The Bertz CT molecular complexity index is 1940. The molecule has 2 unspecified atom stereocenters. The van der Waals surface area contributed by atoms with Crippen molar-refractivity contribution in [1.82, 2.24) is 0 Å². The summed E-state index contributed by atoms with van der Waals surface area (Å²) in [6.07, 6.45) is 63.9. The van der Waals surface area contributed by atoms with Gasteiger partial charge in [0.2, 0.25) is 0 Å². The maximum absolute atomic E-state index is 13.1. The number of ether oxygens (including phenoxy) is 4. The Balaban J connectivity index is 5.24. The average Bonchev–Trinajstić information content (AvgIpc) is 0.960. The van der Waals surface area contributed by atoms with Gasteiger partial charge >= 0.3 is 39.5 Å². The second-order valence-electron chi connectivity index (χ2n) is 30.5. The number of unbranched alkanes of at least 4 members (excludes halogenated alkanes) is 51. The van der Waals surface area contributed by atoms with Crippen LogP contribution >= 0.6 is 15.6 Å². The van der Waals surface area contributed by atoms with E-state index in [0.29, 0.717) is 25.7 Å². The quantitative estimate of drug-likeness (QED) is 0.0222. The number of esters is 4. The van der Waals surface area contributed by atoms with Gasteiger partial charge in [-0.2, -0.15) is 0 Å². The Labute approximate surface area is 619 Å². The Morgan fingerprint density at radius 3 is 0.673 bits per heavy atom. The van der Waals surface area contributed by atoms with Crippen molar-refractivity contribution in [3.05, 3.63) is 0 Å². The van der Waals surface area contributed by atoms with Gasteiger partial charge in [-0.05, 0) is 37.5 Å². The molecule has 0 bridgehead atoms. The van der Waals surface area contributed by atoms with E-state index in [1.54, 1.807) is 0 Å². The van der Waals surface area contributed by atoms with Gasteiger partial charge < -0.3 is 33.8 Å². The highest BCUT2D eigenvalue weighted by Crippen LogP contribution is 2.45. The minimum atomic E-state index is -4.96. The zero-order valence-electron chi connectivity index (χ0n) is 66.2. The monoisotopic (exact) mass is 1480 g/mol. The third-order valence-corrected chi connectivity index (χ3v) is 21.1. The number of carbonyl (C=O) groups excluding carboxylic acids is 4. The third kappa shape index (κ3) is 76.1. The zero-order chi connectivity index (χ0) is 74.2. The highest BCUT2D eigenvalue weighted by atomic mass is 31.2. The molecule has 0 aromatic heterocycles. The largest absolute Gasteiger partial charge is 0.472 e. The number of phosphoric acid groups is 2. The Morgan fingerprint density at radius 2 is 0.455 bits per heavy atom. The molecule has 0 saturated heterocycles. The molecular weight excluding hydrogens is 1320 g/mol. The van der Waals surface area contributed by atoms with Crippen molar-refractivity contribution >= 4 is 39.5 Å². The molecule has 17 nitrogen and oxygen atoms in total. The van der Waals surface area contributed by atoms with E-state index >= 15 is 0 Å². The van der Waals surface area contributed by atoms with Crippen molar-refractivity contribution in [3.63, 3.8) is 0 Å².